The highest BCUT2D eigenvalue weighted by Gasteiger charge is 2.42. The second-order valence-corrected chi connectivity index (χ2v) is 34.9. The highest BCUT2D eigenvalue weighted by Crippen LogP contribution is 2.29. The van der Waals surface area contributed by atoms with Crippen molar-refractivity contribution in [2.75, 3.05) is 28.2 Å². The quantitative estimate of drug-likeness (QED) is 0.0190. The summed E-state index contributed by atoms with van der Waals surface area (Å²) in [4.78, 5) is 133. The van der Waals surface area contributed by atoms with Gasteiger partial charge in [0.25, 0.3) is 5.91 Å². The van der Waals surface area contributed by atoms with Crippen LogP contribution in [0, 0.1) is 11.8 Å². The van der Waals surface area contributed by atoms with E-state index in [2.05, 4.69) is 46.9 Å². The van der Waals surface area contributed by atoms with Crippen molar-refractivity contribution in [3.63, 3.8) is 0 Å². The molecule has 0 spiro atoms. The van der Waals surface area contributed by atoms with Crippen molar-refractivity contribution in [3.05, 3.63) is 143 Å². The van der Waals surface area contributed by atoms with Crippen molar-refractivity contribution in [2.45, 2.75) is 299 Å². The van der Waals surface area contributed by atoms with Gasteiger partial charge in [0.15, 0.2) is 24.1 Å². The first-order chi connectivity index (χ1) is 51.9. The van der Waals surface area contributed by atoms with Crippen LogP contribution in [0.5, 0.6) is 0 Å². The van der Waals surface area contributed by atoms with Gasteiger partial charge in [0.05, 0.1) is 8.34 Å². The first kappa shape index (κ1) is 102. The number of carboxylic acids is 1. The van der Waals surface area contributed by atoms with Gasteiger partial charge in [0, 0.05) is 53.2 Å². The lowest BCUT2D eigenvalue weighted by Crippen LogP contribution is -2.53. The first-order valence-corrected chi connectivity index (χ1v) is 39.2. The fourth-order valence-corrected chi connectivity index (χ4v) is 10.7. The predicted molar refractivity (Wildman–Crippen MR) is 435 cm³/mol. The van der Waals surface area contributed by atoms with Crippen LogP contribution in [0.1, 0.15) is 218 Å². The molecule has 4 aromatic carbocycles. The molecule has 8 atom stereocenters. The molecule has 23 nitrogen and oxygen atoms in total. The van der Waals surface area contributed by atoms with E-state index in [0.29, 0.717) is 24.8 Å². The molecule has 0 heterocycles. The predicted octanol–water partition coefficient (Wildman–Crippen LogP) is 16.0. The molecule has 629 valence electrons. The Kier molecular flexibility index (Phi) is 42.8. The Labute approximate surface area is 673 Å². The Morgan fingerprint density at radius 1 is 0.478 bits per heavy atom. The van der Waals surface area contributed by atoms with Crippen LogP contribution in [0.25, 0.3) is 0 Å². The number of esters is 5. The molecule has 0 aliphatic carbocycles. The van der Waals surface area contributed by atoms with Crippen LogP contribution in [0.2, 0.25) is 6.82 Å². The number of amides is 3. The minimum atomic E-state index is -1.96. The third-order valence-electron chi connectivity index (χ3n) is 17.1. The molecule has 3 amide bonds. The molecule has 27 heteroatoms. The summed E-state index contributed by atoms with van der Waals surface area (Å²) in [7, 11) is 5.87. The van der Waals surface area contributed by atoms with Crippen molar-refractivity contribution in [1.82, 2.24) is 20.0 Å². The van der Waals surface area contributed by atoms with Crippen LogP contribution in [-0.2, 0) is 113 Å². The van der Waals surface area contributed by atoms with Crippen molar-refractivity contribution in [3.8, 4) is 0 Å². The second-order valence-electron chi connectivity index (χ2n) is 34.2. The van der Waals surface area contributed by atoms with Gasteiger partial charge in [-0.15, -0.1) is 0 Å². The molecule has 113 heavy (non-hydrogen) atoms. The van der Waals surface area contributed by atoms with E-state index >= 15 is 4.39 Å². The Bertz CT molecular complexity index is 3640. The summed E-state index contributed by atoms with van der Waals surface area (Å²) in [6.45, 7) is 41.8. The lowest BCUT2D eigenvalue weighted by molar-refractivity contribution is -0.175. The molecular weight excluding hydrogens is 1470 g/mol. The molecule has 1 radical (unpaired) electrons. The third-order valence-corrected chi connectivity index (χ3v) is 17.3. The van der Waals surface area contributed by atoms with E-state index in [1.54, 1.807) is 93.6 Å². The minimum Gasteiger partial charge on any atom is -0.478 e. The summed E-state index contributed by atoms with van der Waals surface area (Å²) >= 11 is 0. The Hall–Kier alpha value is -8.64. The molecule has 0 aromatic heterocycles. The normalized spacial score (nSPS) is 13.9. The number of halogens is 2. The molecule has 4 rings (SSSR count). The summed E-state index contributed by atoms with van der Waals surface area (Å²) < 4.78 is 76.3. The number of ether oxygens (including phenoxy) is 7. The monoisotopic (exact) mass is 1600 g/mol. The van der Waals surface area contributed by atoms with Crippen molar-refractivity contribution in [1.29, 1.82) is 0 Å². The number of nitrogens with zero attached hydrogens (tertiary/aromatic N) is 3. The van der Waals surface area contributed by atoms with E-state index in [4.69, 9.17) is 33.2 Å². The highest BCUT2D eigenvalue weighted by molar-refractivity contribution is 7.60. The van der Waals surface area contributed by atoms with Crippen molar-refractivity contribution < 1.29 is 99.6 Å². The number of carbonyl (C=O) groups excluding carboxylic acids is 9. The molecule has 0 saturated carbocycles. The molecule has 2 N–H and O–H groups in total. The smallest absolute Gasteiger partial charge is 0.410 e. The zero-order valence-corrected chi connectivity index (χ0v) is 72.8. The van der Waals surface area contributed by atoms with Crippen LogP contribution in [0.15, 0.2) is 109 Å². The number of rotatable bonds is 34. The summed E-state index contributed by atoms with van der Waals surface area (Å²) in [5, 5.41) is 12.4. The summed E-state index contributed by atoms with van der Waals surface area (Å²) in [6.07, 6.45) is -5.57. The molecule has 0 aliphatic heterocycles. The average molecular weight is 1600 g/mol. The van der Waals surface area contributed by atoms with Gasteiger partial charge in [-0.25, -0.2) is 42.3 Å². The van der Waals surface area contributed by atoms with E-state index in [-0.39, 0.29) is 69.1 Å². The van der Waals surface area contributed by atoms with Crippen LogP contribution in [0.3, 0.4) is 0 Å². The molecule has 0 bridgehead atoms. The zero-order chi connectivity index (χ0) is 86.9. The standard InChI is InChI=1S/C42H61FN2O9.C25H39NO6.C18H26FNO3.CH3BOP/c1-27(2)23-32(45(13)39(50)54-41(7,8)9)37(48)53-34(24-29-19-21-31(22-20-29)40(4,5)6)35(46)44(12)33(25-42(10,11)43)38(49)52-28(3)36(47)51-26-30-17-15-14-16-18-30;1-16(2)14-19(26(9)23(30)32-25(6,7)8)22(29)31-20(21(27)28)15-17-10-12-18(13-11-17)24(3,4)5;1-13(16(21)11-10-14-8-6-5-7-9-14)23-17(22)15(20-4)12-18(2,3)19;1-2-4-3/h14-22,27-28,32-34H,23-26H2,1-13H3;10-13,16,19-20H,14-15H2,1-9H3,(H,27,28);5-9,13,15,20H,10-12H2,1-4H3;1H3/t28-,32+,33+,34-;19-,20+;13-,15+;/m101./s1. The fourth-order valence-electron chi connectivity index (χ4n) is 10.7. The van der Waals surface area contributed by atoms with E-state index in [9.17, 15) is 62.0 Å². The molecule has 0 unspecified atom stereocenters. The van der Waals surface area contributed by atoms with Gasteiger partial charge in [-0.1, -0.05) is 185 Å². The molecule has 0 saturated heterocycles. The molecule has 4 aromatic rings. The van der Waals surface area contributed by atoms with Gasteiger partial charge >= 0.3 is 48.0 Å². The van der Waals surface area contributed by atoms with Gasteiger partial charge in [-0.3, -0.25) is 28.7 Å². The first-order valence-electron chi connectivity index (χ1n) is 38.3. The number of Topliss-reactive ketones (excluding diaryl/α,β-unsaturated/α-hetero) is 1. The van der Waals surface area contributed by atoms with Gasteiger partial charge < -0.3 is 48.5 Å². The number of hydrogen-bond acceptors (Lipinski definition) is 19. The number of carboxylic acid groups (broad SMARTS) is 1. The average Bonchev–Trinajstić information content (AvgIpc) is 0.819. The van der Waals surface area contributed by atoms with Crippen LogP contribution in [0.4, 0.5) is 18.4 Å². The summed E-state index contributed by atoms with van der Waals surface area (Å²) in [5.74, 6) is -6.24. The van der Waals surface area contributed by atoms with E-state index in [1.165, 1.54) is 60.7 Å². The molecule has 0 aliphatic rings. The Balaban J connectivity index is 0.000000910. The number of likely N-dealkylation sites (N-methyl/N-ethyl adjacent to an activating group) is 4. The lowest BCUT2D eigenvalue weighted by atomic mass is 9.86. The SMILES string of the molecule is CC(C)C[C@@H](C(=O)O[C@H](Cc1ccc(C(C)(C)C)cc1)C(=O)N(C)[C@@H](CC(C)(C)F)C(=O)O[C@H](C)C(=O)OCc1ccccc1)N(C)C(=O)OC(C)(C)C.CC(C)C[C@@H](C(=O)O[C@H](Cc1ccc(C(C)(C)C)cc1)C(=O)O)N(C)C(=O)OC(C)(C)C.CN[C@@H](CC(C)(C)F)C(=O)O[C@H](C)C(=O)CCc1ccccc1.C[B]P=O. The maximum Gasteiger partial charge on any atom is 0.410 e. The topological polar surface area (TPSA) is 294 Å². The number of ketones is 1. The number of aryl methyl sites for hydroxylation is 1. The number of hydrogen-bond donors (Lipinski definition) is 2. The molecular formula is C86H129BF2N4O19P. The fraction of sp³-hybridized carbons (Fsp3) is 0.605. The third kappa shape index (κ3) is 41.3. The van der Waals surface area contributed by atoms with Crippen molar-refractivity contribution in [2.24, 2.45) is 11.8 Å². The lowest BCUT2D eigenvalue weighted by Gasteiger charge is -2.34. The molecule has 0 fully saturated rings. The van der Waals surface area contributed by atoms with Crippen molar-refractivity contribution >= 4 is 75.0 Å². The number of nitrogens with one attached hydrogen (secondary N) is 1. The Morgan fingerprint density at radius 2 is 0.850 bits per heavy atom. The zero-order valence-electron chi connectivity index (χ0n) is 71.9. The Morgan fingerprint density at radius 3 is 1.20 bits per heavy atom. The number of aliphatic carboxylic acids is 1. The second kappa shape index (κ2) is 47.3. The van der Waals surface area contributed by atoms with E-state index < -0.39 is 131 Å². The summed E-state index contributed by atoms with van der Waals surface area (Å²) in [6, 6.07) is 29.3. The highest BCUT2D eigenvalue weighted by atomic mass is 31.1. The number of carbonyl (C=O) groups is 10. The number of benzene rings is 4. The minimum absolute atomic E-state index is 0.00669. The largest absolute Gasteiger partial charge is 0.478 e. The van der Waals surface area contributed by atoms with Gasteiger partial charge in [0.2, 0.25) is 13.1 Å². The maximum atomic E-state index is 15.3. The van der Waals surface area contributed by atoms with Crippen LogP contribution < -0.4 is 5.32 Å². The van der Waals surface area contributed by atoms with Gasteiger partial charge in [-0.2, -0.15) is 0 Å². The van der Waals surface area contributed by atoms with E-state index in [0.717, 1.165) is 37.6 Å². The van der Waals surface area contributed by atoms with Gasteiger partial charge in [0.1, 0.15) is 53.3 Å². The van der Waals surface area contributed by atoms with Gasteiger partial charge in [-0.05, 0) is 165 Å². The van der Waals surface area contributed by atoms with E-state index in [1.807, 2.05) is 113 Å². The van der Waals surface area contributed by atoms with Crippen LogP contribution in [-0.4, -0.2) is 186 Å². The maximum absolute atomic E-state index is 15.3. The number of alkyl halides is 2. The van der Waals surface area contributed by atoms with Crippen LogP contribution >= 0.6 is 8.34 Å². The summed E-state index contributed by atoms with van der Waals surface area (Å²) in [5.41, 5.74) is 0.201.